The van der Waals surface area contributed by atoms with Crippen molar-refractivity contribution in [3.05, 3.63) is 57.2 Å². The molecule has 0 amide bonds. The first-order chi connectivity index (χ1) is 18.6. The summed E-state index contributed by atoms with van der Waals surface area (Å²) >= 11 is 0. The highest BCUT2D eigenvalue weighted by molar-refractivity contribution is 5.60. The molecular formula is C35H55NO3. The largest absolute Gasteiger partial charge is 0.487 e. The molecule has 0 aliphatic carbocycles. The third kappa shape index (κ3) is 9.25. The van der Waals surface area contributed by atoms with Crippen LogP contribution in [-0.2, 0) is 13.0 Å². The van der Waals surface area contributed by atoms with E-state index in [9.17, 15) is 0 Å². The first kappa shape index (κ1) is 31.5. The van der Waals surface area contributed by atoms with Crippen LogP contribution in [0.5, 0.6) is 11.5 Å². The van der Waals surface area contributed by atoms with Gasteiger partial charge in [-0.05, 0) is 130 Å². The van der Waals surface area contributed by atoms with Crippen molar-refractivity contribution in [1.29, 1.82) is 0 Å². The normalized spacial score (nSPS) is 19.7. The van der Waals surface area contributed by atoms with Crippen molar-refractivity contribution in [3.8, 4) is 11.5 Å². The van der Waals surface area contributed by atoms with Crippen LogP contribution in [-0.4, -0.2) is 35.5 Å². The zero-order valence-corrected chi connectivity index (χ0v) is 26.0. The maximum Gasteiger partial charge on any atom is 0.142 e. The van der Waals surface area contributed by atoms with Crippen LogP contribution in [0, 0.1) is 13.8 Å². The van der Waals surface area contributed by atoms with Gasteiger partial charge in [-0.2, -0.15) is 0 Å². The predicted octanol–water partition coefficient (Wildman–Crippen LogP) is 8.90. The fraction of sp³-hybridized carbons (Fsp3) is 0.657. The van der Waals surface area contributed by atoms with Gasteiger partial charge in [0, 0.05) is 30.8 Å². The first-order valence-electron chi connectivity index (χ1n) is 15.4. The maximum atomic E-state index is 9.08. The average molecular weight is 538 g/mol. The highest BCUT2D eigenvalue weighted by atomic mass is 16.5. The fourth-order valence-corrected chi connectivity index (χ4v) is 5.85. The Morgan fingerprint density at radius 1 is 0.872 bits per heavy atom. The predicted molar refractivity (Wildman–Crippen MR) is 165 cm³/mol. The lowest BCUT2D eigenvalue weighted by molar-refractivity contribution is 0.0521. The molecule has 0 bridgehead atoms. The number of rotatable bonds is 14. The Bertz CT molecular complexity index is 1050. The number of hydrogen-bond donors (Lipinski definition) is 1. The Labute approximate surface area is 239 Å². The van der Waals surface area contributed by atoms with Crippen molar-refractivity contribution in [2.75, 3.05) is 19.9 Å². The van der Waals surface area contributed by atoms with Crippen LogP contribution in [0.15, 0.2) is 34.9 Å². The third-order valence-electron chi connectivity index (χ3n) is 8.60. The molecule has 0 unspecified atom stereocenters. The highest BCUT2D eigenvalue weighted by Gasteiger charge is 2.36. The molecule has 0 saturated heterocycles. The minimum Gasteiger partial charge on any atom is -0.487 e. The quantitative estimate of drug-likeness (QED) is 0.190. The van der Waals surface area contributed by atoms with Gasteiger partial charge in [-0.15, -0.1) is 0 Å². The SMILES string of the molecule is CC(C)=CCCC(C)=CCCC(C)=CCC[C@]1(C)CCc2c3c(c(C)c(C)c2O1)OCN(CCCCCO)C3. The number of nitrogens with zero attached hydrogens (tertiary/aromatic N) is 1. The van der Waals surface area contributed by atoms with Gasteiger partial charge in [-0.25, -0.2) is 0 Å². The van der Waals surface area contributed by atoms with E-state index in [1.165, 1.54) is 45.4 Å². The van der Waals surface area contributed by atoms with E-state index in [0.717, 1.165) is 88.8 Å². The van der Waals surface area contributed by atoms with Crippen molar-refractivity contribution in [2.24, 2.45) is 0 Å². The van der Waals surface area contributed by atoms with E-state index in [1.54, 1.807) is 0 Å². The standard InChI is InChI=1S/C35H55NO3/c1-26(2)14-11-15-27(3)16-12-17-28(4)18-13-20-35(7)21-19-31-32-24-36(22-9-8-10-23-37)25-38-33(32)29(5)30(6)34(31)39-35/h14,16,18,37H,8-13,15,17,19-25H2,1-7H3/t35-/m1/s1. The summed E-state index contributed by atoms with van der Waals surface area (Å²) in [6, 6.07) is 0. The summed E-state index contributed by atoms with van der Waals surface area (Å²) in [6.07, 6.45) is 19.0. The Kier molecular flexibility index (Phi) is 12.2. The number of aliphatic hydroxyl groups excluding tert-OH is 1. The number of hydrogen-bond acceptors (Lipinski definition) is 4. The monoisotopic (exact) mass is 537 g/mol. The van der Waals surface area contributed by atoms with Crippen molar-refractivity contribution >= 4 is 0 Å². The van der Waals surface area contributed by atoms with Crippen LogP contribution in [0.25, 0.3) is 0 Å². The van der Waals surface area contributed by atoms with Gasteiger partial charge < -0.3 is 14.6 Å². The van der Waals surface area contributed by atoms with Crippen molar-refractivity contribution < 1.29 is 14.6 Å². The topological polar surface area (TPSA) is 41.9 Å². The van der Waals surface area contributed by atoms with Gasteiger partial charge in [0.1, 0.15) is 23.8 Å². The third-order valence-corrected chi connectivity index (χ3v) is 8.60. The summed E-state index contributed by atoms with van der Waals surface area (Å²) in [5.41, 5.74) is 9.44. The van der Waals surface area contributed by atoms with Crippen molar-refractivity contribution in [2.45, 2.75) is 131 Å². The Hall–Kier alpha value is -2.04. The number of unbranched alkanes of at least 4 members (excludes halogenated alkanes) is 2. The molecule has 218 valence electrons. The van der Waals surface area contributed by atoms with Crippen LogP contribution in [0.1, 0.15) is 121 Å². The minimum absolute atomic E-state index is 0.129. The highest BCUT2D eigenvalue weighted by Crippen LogP contribution is 2.46. The summed E-state index contributed by atoms with van der Waals surface area (Å²) < 4.78 is 13.1. The lowest BCUT2D eigenvalue weighted by atomic mass is 9.84. The van der Waals surface area contributed by atoms with Crippen molar-refractivity contribution in [1.82, 2.24) is 4.90 Å². The van der Waals surface area contributed by atoms with Gasteiger partial charge >= 0.3 is 0 Å². The maximum absolute atomic E-state index is 9.08. The van der Waals surface area contributed by atoms with Gasteiger partial charge in [0.15, 0.2) is 0 Å². The van der Waals surface area contributed by atoms with Gasteiger partial charge in [0.05, 0.1) is 0 Å². The van der Waals surface area contributed by atoms with Gasteiger partial charge in [0.2, 0.25) is 0 Å². The molecule has 4 heteroatoms. The minimum atomic E-state index is -0.129. The molecule has 4 nitrogen and oxygen atoms in total. The van der Waals surface area contributed by atoms with E-state index < -0.39 is 0 Å². The second-order valence-electron chi connectivity index (χ2n) is 12.5. The lowest BCUT2D eigenvalue weighted by Crippen LogP contribution is -2.39. The number of fused-ring (bicyclic) bond motifs is 3. The zero-order valence-electron chi connectivity index (χ0n) is 26.0. The molecule has 0 spiro atoms. The molecule has 0 radical (unpaired) electrons. The van der Waals surface area contributed by atoms with Crippen LogP contribution in [0.2, 0.25) is 0 Å². The van der Waals surface area contributed by atoms with Gasteiger partial charge in [-0.1, -0.05) is 34.9 Å². The second-order valence-corrected chi connectivity index (χ2v) is 12.5. The second kappa shape index (κ2) is 15.1. The summed E-state index contributed by atoms with van der Waals surface area (Å²) in [7, 11) is 0. The molecule has 2 heterocycles. The Morgan fingerprint density at radius 3 is 2.23 bits per heavy atom. The molecule has 1 N–H and O–H groups in total. The average Bonchev–Trinajstić information content (AvgIpc) is 2.89. The first-order valence-corrected chi connectivity index (χ1v) is 15.4. The molecule has 39 heavy (non-hydrogen) atoms. The van der Waals surface area contributed by atoms with E-state index in [-0.39, 0.29) is 12.2 Å². The van der Waals surface area contributed by atoms with Gasteiger partial charge in [-0.3, -0.25) is 4.90 Å². The zero-order chi connectivity index (χ0) is 28.4. The van der Waals surface area contributed by atoms with Crippen molar-refractivity contribution in [3.63, 3.8) is 0 Å². The van der Waals surface area contributed by atoms with E-state index in [1.807, 2.05) is 0 Å². The van der Waals surface area contributed by atoms with Crippen LogP contribution < -0.4 is 9.47 Å². The molecule has 1 aromatic rings. The van der Waals surface area contributed by atoms with Crippen LogP contribution in [0.3, 0.4) is 0 Å². The smallest absolute Gasteiger partial charge is 0.142 e. The fourth-order valence-electron chi connectivity index (χ4n) is 5.85. The number of aliphatic hydroxyl groups is 1. The number of ether oxygens (including phenoxy) is 2. The molecule has 0 aromatic heterocycles. The molecule has 0 saturated carbocycles. The number of benzene rings is 1. The Morgan fingerprint density at radius 2 is 1.54 bits per heavy atom. The van der Waals surface area contributed by atoms with Crippen LogP contribution in [0.4, 0.5) is 0 Å². The van der Waals surface area contributed by atoms with Gasteiger partial charge in [0.25, 0.3) is 0 Å². The molecule has 2 aliphatic heterocycles. The van der Waals surface area contributed by atoms with E-state index in [0.29, 0.717) is 6.73 Å². The molecule has 2 aliphatic rings. The summed E-state index contributed by atoms with van der Waals surface area (Å²) in [5.74, 6) is 2.20. The molecular weight excluding hydrogens is 482 g/mol. The molecule has 3 rings (SSSR count). The van der Waals surface area contributed by atoms with E-state index >= 15 is 0 Å². The summed E-state index contributed by atoms with van der Waals surface area (Å²) in [4.78, 5) is 2.40. The summed E-state index contributed by atoms with van der Waals surface area (Å²) in [5, 5.41) is 9.08. The van der Waals surface area contributed by atoms with E-state index in [2.05, 4.69) is 71.6 Å². The Balaban J connectivity index is 1.57. The molecule has 1 atom stereocenters. The summed E-state index contributed by atoms with van der Waals surface area (Å²) in [6.45, 7) is 18.5. The van der Waals surface area contributed by atoms with E-state index in [4.69, 9.17) is 14.6 Å². The molecule has 0 fully saturated rings. The number of allylic oxidation sites excluding steroid dienone is 6. The molecule has 1 aromatic carbocycles. The van der Waals surface area contributed by atoms with Crippen LogP contribution >= 0.6 is 0 Å². The lowest BCUT2D eigenvalue weighted by Gasteiger charge is -2.40.